The predicted molar refractivity (Wildman–Crippen MR) is 67.3 cm³/mol. The van der Waals surface area contributed by atoms with Gasteiger partial charge in [0.05, 0.1) is 0 Å². The van der Waals surface area contributed by atoms with Crippen LogP contribution in [-0.4, -0.2) is 45.2 Å². The fourth-order valence-corrected chi connectivity index (χ4v) is 1.48. The summed E-state index contributed by atoms with van der Waals surface area (Å²) in [6.45, 7) is 9.03. The molecule has 4 nitrogen and oxygen atoms in total. The lowest BCUT2D eigenvalue weighted by Gasteiger charge is -2.28. The lowest BCUT2D eigenvalue weighted by atomic mass is 9.74. The third kappa shape index (κ3) is 4.70. The summed E-state index contributed by atoms with van der Waals surface area (Å²) in [6, 6.07) is 0. The SMILES string of the molecule is CC.CCCC(C(=O)O)(C(=O)O)C(C)C.[MgH2]. The molecule has 0 spiro atoms. The van der Waals surface area contributed by atoms with Gasteiger partial charge >= 0.3 is 35.0 Å². The molecule has 5 heteroatoms. The molecule has 16 heavy (non-hydrogen) atoms. The number of carboxylic acids is 2. The highest BCUT2D eigenvalue weighted by Crippen LogP contribution is 2.33. The zero-order valence-electron chi connectivity index (χ0n) is 10.2. The molecule has 2 N–H and O–H groups in total. The minimum Gasteiger partial charge on any atom is -0.480 e. The predicted octanol–water partition coefficient (Wildman–Crippen LogP) is 1.71. The van der Waals surface area contributed by atoms with E-state index >= 15 is 0 Å². The Hall–Kier alpha value is -0.294. The van der Waals surface area contributed by atoms with Gasteiger partial charge in [-0.05, 0) is 12.3 Å². The zero-order chi connectivity index (χ0) is 12.6. The van der Waals surface area contributed by atoms with Crippen molar-refractivity contribution in [2.24, 2.45) is 11.3 Å². The molecule has 0 aromatic rings. The highest BCUT2D eigenvalue weighted by atomic mass is 24.3. The van der Waals surface area contributed by atoms with Crippen LogP contribution >= 0.6 is 0 Å². The highest BCUT2D eigenvalue weighted by Gasteiger charge is 2.48. The van der Waals surface area contributed by atoms with Crippen molar-refractivity contribution < 1.29 is 19.8 Å². The summed E-state index contributed by atoms with van der Waals surface area (Å²) in [7, 11) is 0. The average molecular weight is 245 g/mol. The van der Waals surface area contributed by atoms with Gasteiger partial charge in [-0.15, -0.1) is 0 Å². The quantitative estimate of drug-likeness (QED) is 0.570. The number of carbonyl (C=O) groups is 2. The molecular formula is C11H24MgO4. The fraction of sp³-hybridized carbons (Fsp3) is 0.818. The lowest BCUT2D eigenvalue weighted by molar-refractivity contribution is -0.169. The van der Waals surface area contributed by atoms with E-state index in [2.05, 4.69) is 0 Å². The van der Waals surface area contributed by atoms with Crippen molar-refractivity contribution in [1.82, 2.24) is 0 Å². The molecule has 0 amide bonds. The second kappa shape index (κ2) is 9.90. The molecule has 0 saturated carbocycles. The molecule has 0 aliphatic carbocycles. The lowest BCUT2D eigenvalue weighted by Crippen LogP contribution is -2.43. The topological polar surface area (TPSA) is 74.6 Å². The van der Waals surface area contributed by atoms with E-state index in [1.807, 2.05) is 13.8 Å². The summed E-state index contributed by atoms with van der Waals surface area (Å²) in [5.74, 6) is -2.88. The smallest absolute Gasteiger partial charge is 0.321 e. The van der Waals surface area contributed by atoms with E-state index in [1.165, 1.54) is 0 Å². The van der Waals surface area contributed by atoms with Gasteiger partial charge in [0.15, 0.2) is 5.41 Å². The Labute approximate surface area is 114 Å². The van der Waals surface area contributed by atoms with E-state index in [0.29, 0.717) is 6.42 Å². The second-order valence-corrected chi connectivity index (χ2v) is 3.49. The maximum Gasteiger partial charge on any atom is 0.321 e. The van der Waals surface area contributed by atoms with Gasteiger partial charge in [0, 0.05) is 0 Å². The zero-order valence-corrected chi connectivity index (χ0v) is 10.2. The first-order chi connectivity index (χ1) is 6.89. The van der Waals surface area contributed by atoms with Gasteiger partial charge in [0.2, 0.25) is 0 Å². The first-order valence-electron chi connectivity index (χ1n) is 5.36. The molecule has 0 aliphatic rings. The van der Waals surface area contributed by atoms with Crippen molar-refractivity contribution in [3.05, 3.63) is 0 Å². The Kier molecular flexibility index (Phi) is 13.0. The molecule has 0 saturated heterocycles. The van der Waals surface area contributed by atoms with Gasteiger partial charge in [-0.25, -0.2) is 0 Å². The van der Waals surface area contributed by atoms with E-state index in [-0.39, 0.29) is 29.5 Å². The molecule has 94 valence electrons. The summed E-state index contributed by atoms with van der Waals surface area (Å²) >= 11 is 0. The van der Waals surface area contributed by atoms with E-state index in [4.69, 9.17) is 10.2 Å². The number of hydrogen-bond donors (Lipinski definition) is 2. The van der Waals surface area contributed by atoms with Crippen LogP contribution in [0.15, 0.2) is 0 Å². The van der Waals surface area contributed by atoms with Gasteiger partial charge in [-0.2, -0.15) is 0 Å². The minimum atomic E-state index is -1.62. The number of carboxylic acid groups (broad SMARTS) is 2. The second-order valence-electron chi connectivity index (χ2n) is 3.49. The summed E-state index contributed by atoms with van der Waals surface area (Å²) in [6.07, 6.45) is 0.728. The van der Waals surface area contributed by atoms with Gasteiger partial charge < -0.3 is 10.2 Å². The van der Waals surface area contributed by atoms with Crippen LogP contribution in [0.2, 0.25) is 0 Å². The Balaban J connectivity index is -0.000000529. The number of rotatable bonds is 5. The monoisotopic (exact) mass is 244 g/mol. The fourth-order valence-electron chi connectivity index (χ4n) is 1.48. The van der Waals surface area contributed by atoms with Crippen LogP contribution in [0.3, 0.4) is 0 Å². The van der Waals surface area contributed by atoms with E-state index in [0.717, 1.165) is 0 Å². The molecule has 0 aromatic heterocycles. The molecule has 0 heterocycles. The van der Waals surface area contributed by atoms with Crippen molar-refractivity contribution in [1.29, 1.82) is 0 Å². The van der Waals surface area contributed by atoms with Crippen molar-refractivity contribution in [2.45, 2.75) is 47.5 Å². The van der Waals surface area contributed by atoms with Gasteiger partial charge in [0.25, 0.3) is 0 Å². The van der Waals surface area contributed by atoms with Gasteiger partial charge in [-0.3, -0.25) is 9.59 Å². The maximum atomic E-state index is 10.9. The minimum absolute atomic E-state index is 0. The summed E-state index contributed by atoms with van der Waals surface area (Å²) < 4.78 is 0. The first kappa shape index (κ1) is 21.0. The van der Waals surface area contributed by atoms with Crippen LogP contribution in [0.25, 0.3) is 0 Å². The average Bonchev–Trinajstić information content (AvgIpc) is 2.15. The third-order valence-electron chi connectivity index (χ3n) is 2.39. The van der Waals surface area contributed by atoms with Gasteiger partial charge in [-0.1, -0.05) is 41.0 Å². The molecule has 0 rings (SSSR count). The summed E-state index contributed by atoms with van der Waals surface area (Å²) in [4.78, 5) is 21.8. The normalized spacial score (nSPS) is 9.88. The number of hydrogen-bond acceptors (Lipinski definition) is 2. The molecule has 0 unspecified atom stereocenters. The molecule has 0 aromatic carbocycles. The molecule has 0 fully saturated rings. The highest BCUT2D eigenvalue weighted by molar-refractivity contribution is 5.98. The third-order valence-corrected chi connectivity index (χ3v) is 2.39. The van der Waals surface area contributed by atoms with E-state index in [9.17, 15) is 9.59 Å². The molecular weight excluding hydrogens is 220 g/mol. The number of aliphatic carboxylic acids is 2. The summed E-state index contributed by atoms with van der Waals surface area (Å²) in [5.41, 5.74) is -1.62. The Morgan fingerprint density at radius 1 is 1.12 bits per heavy atom. The van der Waals surface area contributed by atoms with Gasteiger partial charge in [0.1, 0.15) is 0 Å². The largest absolute Gasteiger partial charge is 0.480 e. The van der Waals surface area contributed by atoms with Crippen molar-refractivity contribution >= 4 is 35.0 Å². The van der Waals surface area contributed by atoms with Crippen LogP contribution in [0.4, 0.5) is 0 Å². The molecule has 0 aliphatic heterocycles. The van der Waals surface area contributed by atoms with Crippen LogP contribution in [0.5, 0.6) is 0 Å². The molecule has 0 atom stereocenters. The molecule has 0 bridgehead atoms. The first-order valence-corrected chi connectivity index (χ1v) is 5.36. The van der Waals surface area contributed by atoms with Crippen LogP contribution in [0, 0.1) is 11.3 Å². The Morgan fingerprint density at radius 2 is 1.44 bits per heavy atom. The molecule has 0 radical (unpaired) electrons. The van der Waals surface area contributed by atoms with Crippen molar-refractivity contribution in [3.8, 4) is 0 Å². The van der Waals surface area contributed by atoms with Crippen LogP contribution < -0.4 is 0 Å². The van der Waals surface area contributed by atoms with E-state index in [1.54, 1.807) is 20.8 Å². The van der Waals surface area contributed by atoms with Crippen molar-refractivity contribution in [3.63, 3.8) is 0 Å². The maximum absolute atomic E-state index is 10.9. The van der Waals surface area contributed by atoms with Crippen LogP contribution in [0.1, 0.15) is 47.5 Å². The Bertz CT molecular complexity index is 200. The van der Waals surface area contributed by atoms with E-state index < -0.39 is 23.3 Å². The standard InChI is InChI=1S/C9H16O4.C2H6.Mg.2H/c1-4-5-9(6(2)3,7(10)11)8(12)13;1-2;;;/h6H,4-5H2,1-3H3,(H,10,11)(H,12,13);1-2H3;;;. The van der Waals surface area contributed by atoms with Crippen molar-refractivity contribution in [2.75, 3.05) is 0 Å². The Morgan fingerprint density at radius 3 is 1.50 bits per heavy atom. The van der Waals surface area contributed by atoms with Crippen LogP contribution in [-0.2, 0) is 9.59 Å². The summed E-state index contributed by atoms with van der Waals surface area (Å²) in [5, 5.41) is 17.8.